The largest absolute Gasteiger partial charge is 0.370 e. The van der Waals surface area contributed by atoms with Gasteiger partial charge in [-0.15, -0.1) is 0 Å². The number of nitrogens with one attached hydrogen (secondary N) is 1. The third kappa shape index (κ3) is 2.92. The summed E-state index contributed by atoms with van der Waals surface area (Å²) in [6.45, 7) is 3.92. The Bertz CT molecular complexity index is 91.0. The zero-order valence-corrected chi connectivity index (χ0v) is 5.72. The minimum atomic E-state index is 0.1000. The number of nitrogens with zero attached hydrogens (tertiary/aromatic N) is 1. The normalized spacial score (nSPS) is 9.11. The van der Waals surface area contributed by atoms with Gasteiger partial charge in [0.05, 0.1) is 0 Å². The predicted octanol–water partition coefficient (Wildman–Crippen LogP) is -0.840. The third-order valence-electron chi connectivity index (χ3n) is 1.12. The monoisotopic (exact) mass is 130 g/mol. The first kappa shape index (κ1) is 8.23. The summed E-state index contributed by atoms with van der Waals surface area (Å²) in [6.07, 6.45) is 0. The number of rotatable bonds is 3. The summed E-state index contributed by atoms with van der Waals surface area (Å²) in [6, 6.07) is 0. The van der Waals surface area contributed by atoms with Crippen LogP contribution in [0.25, 0.3) is 0 Å². The van der Waals surface area contributed by atoms with Crippen molar-refractivity contribution in [2.24, 2.45) is 11.5 Å². The van der Waals surface area contributed by atoms with Gasteiger partial charge in [-0.3, -0.25) is 5.41 Å². The van der Waals surface area contributed by atoms with E-state index in [1.807, 2.05) is 6.92 Å². The van der Waals surface area contributed by atoms with E-state index in [2.05, 4.69) is 0 Å². The van der Waals surface area contributed by atoms with E-state index >= 15 is 0 Å². The Balaban J connectivity index is 3.54. The summed E-state index contributed by atoms with van der Waals surface area (Å²) in [5, 5.41) is 7.00. The molecule has 0 bridgehead atoms. The molecule has 0 saturated heterocycles. The van der Waals surface area contributed by atoms with Crippen LogP contribution in [0.1, 0.15) is 6.92 Å². The molecule has 0 aliphatic rings. The lowest BCUT2D eigenvalue weighted by molar-refractivity contribution is 0.443. The minimum Gasteiger partial charge on any atom is -0.370 e. The molecule has 5 N–H and O–H groups in total. The SMILES string of the molecule is CCN(CCN)C(=N)N. The minimum absolute atomic E-state index is 0.1000. The second-order valence-electron chi connectivity index (χ2n) is 1.75. The molecule has 54 valence electrons. The van der Waals surface area contributed by atoms with Crippen molar-refractivity contribution in [2.75, 3.05) is 19.6 Å². The Morgan fingerprint density at radius 1 is 1.67 bits per heavy atom. The van der Waals surface area contributed by atoms with Crippen LogP contribution in [0.3, 0.4) is 0 Å². The fourth-order valence-corrected chi connectivity index (χ4v) is 0.605. The topological polar surface area (TPSA) is 79.1 Å². The highest BCUT2D eigenvalue weighted by Crippen LogP contribution is 1.81. The van der Waals surface area contributed by atoms with Crippen LogP contribution in [0, 0.1) is 5.41 Å². The maximum Gasteiger partial charge on any atom is 0.188 e. The molecule has 0 heterocycles. The number of nitrogens with two attached hydrogens (primary N) is 2. The highest BCUT2D eigenvalue weighted by atomic mass is 15.2. The van der Waals surface area contributed by atoms with E-state index in [0.717, 1.165) is 6.54 Å². The lowest BCUT2D eigenvalue weighted by atomic mass is 10.5. The van der Waals surface area contributed by atoms with Crippen molar-refractivity contribution in [3.05, 3.63) is 0 Å². The van der Waals surface area contributed by atoms with Crippen LogP contribution in [0.15, 0.2) is 0 Å². The van der Waals surface area contributed by atoms with Crippen molar-refractivity contribution in [1.82, 2.24) is 4.90 Å². The summed E-state index contributed by atoms with van der Waals surface area (Å²) < 4.78 is 0. The predicted molar refractivity (Wildman–Crippen MR) is 38.2 cm³/mol. The molecule has 0 saturated carbocycles. The van der Waals surface area contributed by atoms with Crippen LogP contribution in [-0.2, 0) is 0 Å². The molecule has 0 unspecified atom stereocenters. The second kappa shape index (κ2) is 4.14. The molecule has 4 heteroatoms. The molecule has 0 aromatic heterocycles. The number of hydrogen-bond donors (Lipinski definition) is 3. The zero-order chi connectivity index (χ0) is 7.28. The van der Waals surface area contributed by atoms with E-state index in [1.54, 1.807) is 4.90 Å². The molecule has 9 heavy (non-hydrogen) atoms. The van der Waals surface area contributed by atoms with E-state index < -0.39 is 0 Å². The van der Waals surface area contributed by atoms with Crippen molar-refractivity contribution >= 4 is 5.96 Å². The smallest absolute Gasteiger partial charge is 0.188 e. The van der Waals surface area contributed by atoms with Gasteiger partial charge in [-0.05, 0) is 6.92 Å². The van der Waals surface area contributed by atoms with E-state index in [9.17, 15) is 0 Å². The molecule has 0 aliphatic heterocycles. The zero-order valence-electron chi connectivity index (χ0n) is 5.72. The Morgan fingerprint density at radius 3 is 2.33 bits per heavy atom. The molecular formula is C5H14N4. The summed E-state index contributed by atoms with van der Waals surface area (Å²) >= 11 is 0. The second-order valence-corrected chi connectivity index (χ2v) is 1.75. The van der Waals surface area contributed by atoms with Gasteiger partial charge >= 0.3 is 0 Å². The van der Waals surface area contributed by atoms with Crippen LogP contribution in [0.4, 0.5) is 0 Å². The number of guanidine groups is 1. The maximum atomic E-state index is 7.00. The van der Waals surface area contributed by atoms with Crippen molar-refractivity contribution in [3.8, 4) is 0 Å². The molecular weight excluding hydrogens is 116 g/mol. The van der Waals surface area contributed by atoms with Crippen LogP contribution < -0.4 is 11.5 Å². The van der Waals surface area contributed by atoms with Crippen LogP contribution >= 0.6 is 0 Å². The van der Waals surface area contributed by atoms with E-state index in [1.165, 1.54) is 0 Å². The van der Waals surface area contributed by atoms with Gasteiger partial charge in [-0.25, -0.2) is 0 Å². The third-order valence-corrected chi connectivity index (χ3v) is 1.12. The first-order chi connectivity index (χ1) is 4.22. The molecule has 0 fully saturated rings. The Morgan fingerprint density at radius 2 is 2.22 bits per heavy atom. The first-order valence-electron chi connectivity index (χ1n) is 3.01. The molecule has 0 aromatic carbocycles. The average molecular weight is 130 g/mol. The molecule has 0 rings (SSSR count). The molecule has 4 nitrogen and oxygen atoms in total. The average Bonchev–Trinajstić information content (AvgIpc) is 1.82. The molecule has 0 spiro atoms. The summed E-state index contributed by atoms with van der Waals surface area (Å²) in [7, 11) is 0. The maximum absolute atomic E-state index is 7.00. The van der Waals surface area contributed by atoms with E-state index in [-0.39, 0.29) is 5.96 Å². The van der Waals surface area contributed by atoms with Crippen LogP contribution in [0.2, 0.25) is 0 Å². The standard InChI is InChI=1S/C5H14N4/c1-2-9(4-3-6)5(7)8/h2-4,6H2,1H3,(H3,7,8). The van der Waals surface area contributed by atoms with Gasteiger partial charge in [0.2, 0.25) is 0 Å². The summed E-state index contributed by atoms with van der Waals surface area (Å²) in [5.41, 5.74) is 10.4. The Kier molecular flexibility index (Phi) is 3.79. The number of likely N-dealkylation sites (N-methyl/N-ethyl adjacent to an activating group) is 1. The molecule has 0 radical (unpaired) electrons. The van der Waals surface area contributed by atoms with Crippen molar-refractivity contribution < 1.29 is 0 Å². The highest BCUT2D eigenvalue weighted by Gasteiger charge is 1.99. The van der Waals surface area contributed by atoms with Gasteiger partial charge in [0.1, 0.15) is 0 Å². The fourth-order valence-electron chi connectivity index (χ4n) is 0.605. The van der Waals surface area contributed by atoms with Gasteiger partial charge in [-0.2, -0.15) is 0 Å². The van der Waals surface area contributed by atoms with E-state index in [4.69, 9.17) is 16.9 Å². The van der Waals surface area contributed by atoms with Crippen molar-refractivity contribution in [2.45, 2.75) is 6.92 Å². The first-order valence-corrected chi connectivity index (χ1v) is 3.01. The molecule has 0 aliphatic carbocycles. The lowest BCUT2D eigenvalue weighted by Gasteiger charge is -2.18. The lowest BCUT2D eigenvalue weighted by Crippen LogP contribution is -2.39. The van der Waals surface area contributed by atoms with Gasteiger partial charge in [0.15, 0.2) is 5.96 Å². The van der Waals surface area contributed by atoms with Gasteiger partial charge < -0.3 is 16.4 Å². The van der Waals surface area contributed by atoms with Crippen molar-refractivity contribution in [3.63, 3.8) is 0 Å². The highest BCUT2D eigenvalue weighted by molar-refractivity contribution is 5.74. The summed E-state index contributed by atoms with van der Waals surface area (Å²) in [4.78, 5) is 1.71. The Hall–Kier alpha value is -0.770. The molecule has 0 atom stereocenters. The fraction of sp³-hybridized carbons (Fsp3) is 0.800. The molecule has 0 aromatic rings. The van der Waals surface area contributed by atoms with Crippen molar-refractivity contribution in [1.29, 1.82) is 5.41 Å². The van der Waals surface area contributed by atoms with Gasteiger partial charge in [-0.1, -0.05) is 0 Å². The van der Waals surface area contributed by atoms with E-state index in [0.29, 0.717) is 13.1 Å². The van der Waals surface area contributed by atoms with Gasteiger partial charge in [0.25, 0.3) is 0 Å². The quantitative estimate of drug-likeness (QED) is 0.344. The van der Waals surface area contributed by atoms with Gasteiger partial charge in [0, 0.05) is 19.6 Å². The summed E-state index contributed by atoms with van der Waals surface area (Å²) in [5.74, 6) is 0.1000. The van der Waals surface area contributed by atoms with Crippen LogP contribution in [0.5, 0.6) is 0 Å². The Labute approximate surface area is 55.3 Å². The van der Waals surface area contributed by atoms with Crippen LogP contribution in [-0.4, -0.2) is 30.5 Å². The molecule has 0 amide bonds. The number of hydrogen-bond acceptors (Lipinski definition) is 2.